The van der Waals surface area contributed by atoms with E-state index in [1.807, 2.05) is 28.8 Å². The summed E-state index contributed by atoms with van der Waals surface area (Å²) in [4.78, 5) is 22.1. The number of hydrogen-bond acceptors (Lipinski definition) is 2. The first-order valence-electron chi connectivity index (χ1n) is 5.78. The van der Waals surface area contributed by atoms with Gasteiger partial charge in [-0.15, -0.1) is 0 Å². The summed E-state index contributed by atoms with van der Waals surface area (Å²) in [5, 5.41) is 9.59. The number of hydrogen-bond donors (Lipinski definition) is 2. The van der Waals surface area contributed by atoms with Gasteiger partial charge in [0.2, 0.25) is 0 Å². The second-order valence-corrected chi connectivity index (χ2v) is 4.27. The number of primary amides is 1. The highest BCUT2D eigenvalue weighted by Crippen LogP contribution is 2.21. The van der Waals surface area contributed by atoms with Crippen molar-refractivity contribution in [2.24, 2.45) is 5.73 Å². The minimum absolute atomic E-state index is 0.262. The van der Waals surface area contributed by atoms with Gasteiger partial charge in [-0.1, -0.05) is 24.3 Å². The molecule has 0 bridgehead atoms. The highest BCUT2D eigenvalue weighted by atomic mass is 16.4. The summed E-state index contributed by atoms with van der Waals surface area (Å²) in [7, 11) is 0. The van der Waals surface area contributed by atoms with E-state index in [-0.39, 0.29) is 5.57 Å². The third-order valence-corrected chi connectivity index (χ3v) is 2.99. The standard InChI is InChI=1S/C14H14N2O3/c1-9(14(18)19)6-7-16-8-11(13(15)17)10-4-2-3-5-12(10)16/h2-6,8H,7H2,1H3,(H2,15,17)(H,18,19). The van der Waals surface area contributed by atoms with Crippen molar-refractivity contribution in [3.8, 4) is 0 Å². The van der Waals surface area contributed by atoms with Gasteiger partial charge in [0, 0.05) is 29.2 Å². The first-order valence-corrected chi connectivity index (χ1v) is 5.78. The minimum Gasteiger partial charge on any atom is -0.478 e. The number of fused-ring (bicyclic) bond motifs is 1. The maximum atomic E-state index is 11.4. The molecule has 5 heteroatoms. The number of benzene rings is 1. The SMILES string of the molecule is CC(=CCn1cc(C(N)=O)c2ccccc21)C(=O)O. The summed E-state index contributed by atoms with van der Waals surface area (Å²) in [5.74, 6) is -1.44. The molecule has 0 aliphatic rings. The van der Waals surface area contributed by atoms with Crippen molar-refractivity contribution in [3.63, 3.8) is 0 Å². The third kappa shape index (κ3) is 2.49. The lowest BCUT2D eigenvalue weighted by Gasteiger charge is -2.01. The lowest BCUT2D eigenvalue weighted by molar-refractivity contribution is -0.132. The molecule has 1 aromatic heterocycles. The number of carboxylic acid groups (broad SMARTS) is 1. The number of aromatic nitrogens is 1. The van der Waals surface area contributed by atoms with Crippen LogP contribution >= 0.6 is 0 Å². The van der Waals surface area contributed by atoms with Crippen molar-refractivity contribution in [2.75, 3.05) is 0 Å². The van der Waals surface area contributed by atoms with Crippen LogP contribution in [0.4, 0.5) is 0 Å². The Labute approximate surface area is 109 Å². The van der Waals surface area contributed by atoms with Gasteiger partial charge in [0.15, 0.2) is 0 Å². The Morgan fingerprint density at radius 3 is 2.68 bits per heavy atom. The molecule has 0 spiro atoms. The van der Waals surface area contributed by atoms with Gasteiger partial charge in [-0.3, -0.25) is 4.79 Å². The normalized spacial score (nSPS) is 11.7. The van der Waals surface area contributed by atoms with Gasteiger partial charge < -0.3 is 15.4 Å². The highest BCUT2D eigenvalue weighted by Gasteiger charge is 2.11. The molecule has 98 valence electrons. The van der Waals surface area contributed by atoms with Gasteiger partial charge in [0.25, 0.3) is 5.91 Å². The second kappa shape index (κ2) is 4.97. The van der Waals surface area contributed by atoms with Gasteiger partial charge in [-0.25, -0.2) is 4.79 Å². The van der Waals surface area contributed by atoms with E-state index in [2.05, 4.69) is 0 Å². The van der Waals surface area contributed by atoms with Gasteiger partial charge in [-0.05, 0) is 13.0 Å². The van der Waals surface area contributed by atoms with Gasteiger partial charge in [0.1, 0.15) is 0 Å². The predicted octanol–water partition coefficient (Wildman–Crippen LogP) is 1.77. The van der Waals surface area contributed by atoms with Crippen LogP contribution in [0.5, 0.6) is 0 Å². The van der Waals surface area contributed by atoms with Crippen molar-refractivity contribution in [1.29, 1.82) is 0 Å². The van der Waals surface area contributed by atoms with Crippen LogP contribution in [0.25, 0.3) is 10.9 Å². The number of rotatable bonds is 4. The van der Waals surface area contributed by atoms with Crippen molar-refractivity contribution < 1.29 is 14.7 Å². The third-order valence-electron chi connectivity index (χ3n) is 2.99. The molecule has 0 saturated carbocycles. The first kappa shape index (κ1) is 12.9. The number of nitrogens with zero attached hydrogens (tertiary/aromatic N) is 1. The summed E-state index contributed by atoms with van der Waals surface area (Å²) >= 11 is 0. The number of para-hydroxylation sites is 1. The summed E-state index contributed by atoms with van der Waals surface area (Å²) in [5.41, 5.74) is 6.89. The minimum atomic E-state index is -0.952. The van der Waals surface area contributed by atoms with E-state index in [0.717, 1.165) is 10.9 Å². The molecule has 2 aromatic rings. The number of allylic oxidation sites excluding steroid dienone is 1. The Balaban J connectivity index is 2.47. The van der Waals surface area contributed by atoms with Crippen molar-refractivity contribution in [1.82, 2.24) is 4.57 Å². The Hall–Kier alpha value is -2.56. The largest absolute Gasteiger partial charge is 0.478 e. The van der Waals surface area contributed by atoms with Crippen LogP contribution in [0.2, 0.25) is 0 Å². The molecule has 1 heterocycles. The molecule has 5 nitrogen and oxygen atoms in total. The highest BCUT2D eigenvalue weighted by molar-refractivity contribution is 6.06. The van der Waals surface area contributed by atoms with Crippen LogP contribution in [0.1, 0.15) is 17.3 Å². The lowest BCUT2D eigenvalue weighted by Crippen LogP contribution is -2.10. The molecule has 1 aromatic carbocycles. The fourth-order valence-corrected chi connectivity index (χ4v) is 1.92. The van der Waals surface area contributed by atoms with E-state index in [9.17, 15) is 9.59 Å². The van der Waals surface area contributed by atoms with E-state index in [4.69, 9.17) is 10.8 Å². The average Bonchev–Trinajstić information content (AvgIpc) is 2.75. The Morgan fingerprint density at radius 2 is 2.05 bits per heavy atom. The summed E-state index contributed by atoms with van der Waals surface area (Å²) < 4.78 is 1.81. The van der Waals surface area contributed by atoms with E-state index in [1.165, 1.54) is 6.92 Å². The zero-order valence-electron chi connectivity index (χ0n) is 10.5. The van der Waals surface area contributed by atoms with Crippen molar-refractivity contribution in [3.05, 3.63) is 47.7 Å². The molecule has 0 radical (unpaired) electrons. The molecule has 3 N–H and O–H groups in total. The maximum Gasteiger partial charge on any atom is 0.331 e. The Kier molecular flexibility index (Phi) is 3.37. The van der Waals surface area contributed by atoms with Crippen LogP contribution in [0.3, 0.4) is 0 Å². The zero-order chi connectivity index (χ0) is 14.0. The van der Waals surface area contributed by atoms with Crippen molar-refractivity contribution >= 4 is 22.8 Å². The molecule has 0 atom stereocenters. The molecular formula is C14H14N2O3. The Bertz CT molecular complexity index is 683. The van der Waals surface area contributed by atoms with E-state index < -0.39 is 11.9 Å². The first-order chi connectivity index (χ1) is 9.00. The zero-order valence-corrected chi connectivity index (χ0v) is 10.5. The van der Waals surface area contributed by atoms with Crippen LogP contribution in [-0.2, 0) is 11.3 Å². The van der Waals surface area contributed by atoms with E-state index in [1.54, 1.807) is 12.3 Å². The molecule has 1 amide bonds. The number of carbonyl (C=O) groups excluding carboxylic acids is 1. The van der Waals surface area contributed by atoms with Crippen LogP contribution in [-0.4, -0.2) is 21.6 Å². The number of amides is 1. The summed E-state index contributed by atoms with van der Waals surface area (Å²) in [6, 6.07) is 7.38. The Morgan fingerprint density at radius 1 is 1.37 bits per heavy atom. The van der Waals surface area contributed by atoms with E-state index in [0.29, 0.717) is 12.1 Å². The molecule has 0 saturated heterocycles. The van der Waals surface area contributed by atoms with Crippen LogP contribution < -0.4 is 5.73 Å². The average molecular weight is 258 g/mol. The quantitative estimate of drug-likeness (QED) is 0.819. The molecule has 0 aliphatic carbocycles. The lowest BCUT2D eigenvalue weighted by atomic mass is 10.2. The number of aliphatic carboxylic acids is 1. The monoisotopic (exact) mass is 258 g/mol. The number of carbonyl (C=O) groups is 2. The van der Waals surface area contributed by atoms with Gasteiger partial charge in [-0.2, -0.15) is 0 Å². The molecule has 2 rings (SSSR count). The maximum absolute atomic E-state index is 11.4. The molecule has 19 heavy (non-hydrogen) atoms. The van der Waals surface area contributed by atoms with Crippen LogP contribution in [0, 0.1) is 0 Å². The fourth-order valence-electron chi connectivity index (χ4n) is 1.92. The summed E-state index contributed by atoms with van der Waals surface area (Å²) in [6.07, 6.45) is 3.25. The topological polar surface area (TPSA) is 85.3 Å². The fraction of sp³-hybridized carbons (Fsp3) is 0.143. The summed E-state index contributed by atoms with van der Waals surface area (Å²) in [6.45, 7) is 1.91. The van der Waals surface area contributed by atoms with Gasteiger partial charge >= 0.3 is 5.97 Å². The smallest absolute Gasteiger partial charge is 0.331 e. The molecule has 0 fully saturated rings. The number of nitrogens with two attached hydrogens (primary N) is 1. The second-order valence-electron chi connectivity index (χ2n) is 4.27. The van der Waals surface area contributed by atoms with E-state index >= 15 is 0 Å². The molecular weight excluding hydrogens is 244 g/mol. The number of carboxylic acids is 1. The molecule has 0 unspecified atom stereocenters. The van der Waals surface area contributed by atoms with Crippen molar-refractivity contribution in [2.45, 2.75) is 13.5 Å². The van der Waals surface area contributed by atoms with Crippen LogP contribution in [0.15, 0.2) is 42.1 Å². The predicted molar refractivity (Wildman–Crippen MR) is 71.8 cm³/mol. The molecule has 0 aliphatic heterocycles. The van der Waals surface area contributed by atoms with Gasteiger partial charge in [0.05, 0.1) is 5.56 Å².